The Morgan fingerprint density at radius 3 is 2.65 bits per heavy atom. The second-order valence-electron chi connectivity index (χ2n) is 9.05. The summed E-state index contributed by atoms with van der Waals surface area (Å²) in [5, 5.41) is 5.99. The topological polar surface area (TPSA) is 111 Å². The first-order chi connectivity index (χ1) is 16.3. The van der Waals surface area contributed by atoms with E-state index < -0.39 is 11.6 Å². The third-order valence-corrected chi connectivity index (χ3v) is 7.03. The van der Waals surface area contributed by atoms with Gasteiger partial charge >= 0.3 is 12.1 Å². The molecule has 0 radical (unpaired) electrons. The number of alkyl carbamates (subject to hydrolysis) is 1. The molecule has 34 heavy (non-hydrogen) atoms. The lowest BCUT2D eigenvalue weighted by atomic mass is 9.91. The van der Waals surface area contributed by atoms with Crippen molar-refractivity contribution in [2.75, 3.05) is 44.6 Å². The number of amides is 5. The quantitative estimate of drug-likeness (QED) is 0.656. The van der Waals surface area contributed by atoms with E-state index in [1.54, 1.807) is 41.0 Å². The summed E-state index contributed by atoms with van der Waals surface area (Å²) in [6, 6.07) is 5.92. The number of likely N-dealkylation sites (tertiary alicyclic amines) is 1. The van der Waals surface area contributed by atoms with E-state index in [9.17, 15) is 19.2 Å². The molecule has 1 unspecified atom stereocenters. The molecule has 1 aromatic carbocycles. The first kappa shape index (κ1) is 24.1. The average Bonchev–Trinajstić information content (AvgIpc) is 3.16. The van der Waals surface area contributed by atoms with Crippen molar-refractivity contribution in [1.82, 2.24) is 20.0 Å². The third kappa shape index (κ3) is 5.38. The van der Waals surface area contributed by atoms with Crippen LogP contribution in [0.1, 0.15) is 32.6 Å². The fourth-order valence-corrected chi connectivity index (χ4v) is 4.90. The lowest BCUT2D eigenvalue weighted by Gasteiger charge is -2.39. The summed E-state index contributed by atoms with van der Waals surface area (Å²) in [5.41, 5.74) is 0.0962. The van der Waals surface area contributed by atoms with Crippen LogP contribution >= 0.6 is 11.6 Å². The number of carbonyl (C=O) groups is 4. The molecule has 3 saturated heterocycles. The van der Waals surface area contributed by atoms with Crippen LogP contribution < -0.4 is 10.6 Å². The summed E-state index contributed by atoms with van der Waals surface area (Å²) in [4.78, 5) is 54.5. The van der Waals surface area contributed by atoms with Gasteiger partial charge in [-0.1, -0.05) is 17.7 Å². The first-order valence-corrected chi connectivity index (χ1v) is 12.0. The highest BCUT2D eigenvalue weighted by atomic mass is 35.5. The largest absolute Gasteiger partial charge is 0.441 e. The Labute approximate surface area is 203 Å². The van der Waals surface area contributed by atoms with Crippen LogP contribution in [0.15, 0.2) is 24.3 Å². The van der Waals surface area contributed by atoms with Gasteiger partial charge in [-0.25, -0.2) is 9.59 Å². The molecule has 3 heterocycles. The second-order valence-corrected chi connectivity index (χ2v) is 9.48. The Morgan fingerprint density at radius 2 is 1.97 bits per heavy atom. The minimum absolute atomic E-state index is 0.0483. The number of piperidine rings is 1. The minimum atomic E-state index is -0.593. The van der Waals surface area contributed by atoms with Crippen molar-refractivity contribution in [3.63, 3.8) is 0 Å². The summed E-state index contributed by atoms with van der Waals surface area (Å²) < 4.78 is 5.39. The van der Waals surface area contributed by atoms with Crippen molar-refractivity contribution in [1.29, 1.82) is 0 Å². The van der Waals surface area contributed by atoms with E-state index >= 15 is 0 Å². The number of anilines is 1. The molecular weight excluding hydrogens is 462 g/mol. The van der Waals surface area contributed by atoms with E-state index in [1.807, 2.05) is 0 Å². The molecule has 0 aromatic heterocycles. The van der Waals surface area contributed by atoms with Gasteiger partial charge in [0.25, 0.3) is 0 Å². The van der Waals surface area contributed by atoms with Crippen LogP contribution in [0, 0.1) is 0 Å². The van der Waals surface area contributed by atoms with E-state index in [0.29, 0.717) is 75.7 Å². The van der Waals surface area contributed by atoms with E-state index in [2.05, 4.69) is 10.6 Å². The van der Waals surface area contributed by atoms with Crippen molar-refractivity contribution in [3.8, 4) is 0 Å². The molecule has 3 fully saturated rings. The second kappa shape index (κ2) is 10.1. The monoisotopic (exact) mass is 491 g/mol. The highest BCUT2D eigenvalue weighted by Gasteiger charge is 2.43. The summed E-state index contributed by atoms with van der Waals surface area (Å²) in [6.45, 7) is 4.63. The number of benzene rings is 1. The van der Waals surface area contributed by atoms with Crippen molar-refractivity contribution >= 4 is 41.2 Å². The van der Waals surface area contributed by atoms with Gasteiger partial charge in [0.1, 0.15) is 11.6 Å². The molecule has 3 aliphatic rings. The minimum Gasteiger partial charge on any atom is -0.441 e. The predicted molar refractivity (Wildman–Crippen MR) is 125 cm³/mol. The number of hydrogen-bond acceptors (Lipinski definition) is 5. The molecule has 184 valence electrons. The van der Waals surface area contributed by atoms with Crippen LogP contribution in [0.5, 0.6) is 0 Å². The number of nitrogens with one attached hydrogen (secondary N) is 2. The molecule has 2 N–H and O–H groups in total. The zero-order chi connectivity index (χ0) is 24.3. The van der Waals surface area contributed by atoms with E-state index in [-0.39, 0.29) is 23.9 Å². The van der Waals surface area contributed by atoms with Gasteiger partial charge in [-0.05, 0) is 31.5 Å². The number of urea groups is 1. The number of nitrogens with zero attached hydrogens (tertiary/aromatic N) is 3. The maximum absolute atomic E-state index is 12.8. The Hall–Kier alpha value is -3.01. The van der Waals surface area contributed by atoms with Crippen molar-refractivity contribution in [2.24, 2.45) is 0 Å². The average molecular weight is 492 g/mol. The maximum atomic E-state index is 12.8. The number of rotatable bonds is 5. The fraction of sp³-hybridized carbons (Fsp3) is 0.565. The number of carbonyl (C=O) groups excluding carboxylic acids is 4. The van der Waals surface area contributed by atoms with Crippen LogP contribution in [-0.2, 0) is 14.3 Å². The lowest BCUT2D eigenvalue weighted by Crippen LogP contribution is -2.58. The maximum Gasteiger partial charge on any atom is 0.407 e. The van der Waals surface area contributed by atoms with Gasteiger partial charge in [0, 0.05) is 62.7 Å². The van der Waals surface area contributed by atoms with Crippen molar-refractivity contribution in [3.05, 3.63) is 29.3 Å². The normalized spacial score (nSPS) is 21.9. The molecule has 5 amide bonds. The van der Waals surface area contributed by atoms with Crippen molar-refractivity contribution in [2.45, 2.75) is 44.2 Å². The molecule has 1 spiro atoms. The SMILES string of the molecule is CC1C(=O)N(CCCC(=O)N2CCC3(CC2)CNC(=O)O3)CCN1C(=O)Nc1cccc(Cl)c1. The molecule has 0 bridgehead atoms. The summed E-state index contributed by atoms with van der Waals surface area (Å²) in [5.74, 6) is -0.0810. The van der Waals surface area contributed by atoms with Crippen LogP contribution in [0.3, 0.4) is 0 Å². The summed E-state index contributed by atoms with van der Waals surface area (Å²) >= 11 is 5.97. The van der Waals surface area contributed by atoms with Crippen molar-refractivity contribution < 1.29 is 23.9 Å². The van der Waals surface area contributed by atoms with Crippen LogP contribution in [0.4, 0.5) is 15.3 Å². The molecule has 10 nitrogen and oxygen atoms in total. The number of halogens is 1. The smallest absolute Gasteiger partial charge is 0.407 e. The molecular formula is C23H30ClN5O5. The predicted octanol–water partition coefficient (Wildman–Crippen LogP) is 2.29. The van der Waals surface area contributed by atoms with Crippen LogP contribution in [0.25, 0.3) is 0 Å². The van der Waals surface area contributed by atoms with Gasteiger partial charge in [0.2, 0.25) is 11.8 Å². The zero-order valence-corrected chi connectivity index (χ0v) is 20.0. The molecule has 4 rings (SSSR count). The van der Waals surface area contributed by atoms with E-state index in [0.717, 1.165) is 0 Å². The first-order valence-electron chi connectivity index (χ1n) is 11.6. The van der Waals surface area contributed by atoms with E-state index in [4.69, 9.17) is 16.3 Å². The van der Waals surface area contributed by atoms with Crippen LogP contribution in [-0.4, -0.2) is 89.5 Å². The lowest BCUT2D eigenvalue weighted by molar-refractivity contribution is -0.140. The summed E-state index contributed by atoms with van der Waals surface area (Å²) in [6.07, 6.45) is 1.78. The fourth-order valence-electron chi connectivity index (χ4n) is 4.71. The standard InChI is InChI=1S/C23H30ClN5O5/c1-16-20(31)28(12-13-29(16)21(32)26-18-5-2-4-17(24)14-18)9-3-6-19(30)27-10-7-23(8-11-27)15-25-22(33)34-23/h2,4-5,14,16H,3,6-13,15H2,1H3,(H,25,33)(H,26,32). The molecule has 11 heteroatoms. The van der Waals surface area contributed by atoms with Gasteiger partial charge in [-0.3, -0.25) is 9.59 Å². The number of ether oxygens (including phenoxy) is 1. The van der Waals surface area contributed by atoms with Crippen LogP contribution in [0.2, 0.25) is 5.02 Å². The molecule has 1 atom stereocenters. The Balaban J connectivity index is 1.20. The zero-order valence-electron chi connectivity index (χ0n) is 19.2. The third-order valence-electron chi connectivity index (χ3n) is 6.79. The Bertz CT molecular complexity index is 965. The van der Waals surface area contributed by atoms with Gasteiger partial charge < -0.3 is 30.1 Å². The van der Waals surface area contributed by atoms with Gasteiger partial charge in [0.15, 0.2) is 0 Å². The number of hydrogen-bond donors (Lipinski definition) is 2. The Morgan fingerprint density at radius 1 is 1.21 bits per heavy atom. The van der Waals surface area contributed by atoms with Gasteiger partial charge in [-0.2, -0.15) is 0 Å². The molecule has 3 aliphatic heterocycles. The number of piperazine rings is 1. The highest BCUT2D eigenvalue weighted by molar-refractivity contribution is 6.30. The molecule has 0 saturated carbocycles. The van der Waals surface area contributed by atoms with Gasteiger partial charge in [-0.15, -0.1) is 0 Å². The molecule has 0 aliphatic carbocycles. The van der Waals surface area contributed by atoms with E-state index in [1.165, 1.54) is 4.90 Å². The summed E-state index contributed by atoms with van der Waals surface area (Å²) in [7, 11) is 0. The van der Waals surface area contributed by atoms with Gasteiger partial charge in [0.05, 0.1) is 6.54 Å². The highest BCUT2D eigenvalue weighted by Crippen LogP contribution is 2.29. The Kier molecular flexibility index (Phi) is 7.16. The molecule has 1 aromatic rings.